The summed E-state index contributed by atoms with van der Waals surface area (Å²) in [6.07, 6.45) is 3.66. The van der Waals surface area contributed by atoms with Crippen LogP contribution in [0.3, 0.4) is 0 Å². The zero-order valence-corrected chi connectivity index (χ0v) is 9.01. The largest absolute Gasteiger partial charge is 0.392 e. The number of rotatable bonds is 3. The molecule has 0 atom stereocenters. The Morgan fingerprint density at radius 3 is 2.38 bits per heavy atom. The summed E-state index contributed by atoms with van der Waals surface area (Å²) in [6, 6.07) is 18.5. The lowest BCUT2D eigenvalue weighted by Crippen LogP contribution is -1.79. The third-order valence-electron chi connectivity index (χ3n) is 2.41. The number of hydrogen-bond donors (Lipinski definition) is 1. The van der Waals surface area contributed by atoms with E-state index in [2.05, 4.69) is 24.3 Å². The van der Waals surface area contributed by atoms with Crippen molar-refractivity contribution in [3.63, 3.8) is 0 Å². The van der Waals surface area contributed by atoms with Gasteiger partial charge in [0, 0.05) is 0 Å². The molecule has 0 unspecified atom stereocenters. The molecule has 0 saturated heterocycles. The molecular weight excluding hydrogens is 196 g/mol. The first kappa shape index (κ1) is 10.7. The van der Waals surface area contributed by atoms with Crippen LogP contribution in [0.15, 0.2) is 60.7 Å². The lowest BCUT2D eigenvalue weighted by Gasteiger charge is -2.02. The molecule has 2 aromatic rings. The topological polar surface area (TPSA) is 20.2 Å². The summed E-state index contributed by atoms with van der Waals surface area (Å²) < 4.78 is 0. The molecule has 16 heavy (non-hydrogen) atoms. The predicted octanol–water partition coefficient (Wildman–Crippen LogP) is 3.36. The first-order chi connectivity index (χ1) is 7.90. The van der Waals surface area contributed by atoms with Gasteiger partial charge in [-0.3, -0.25) is 0 Å². The highest BCUT2D eigenvalue weighted by Gasteiger charge is 1.96. The molecule has 0 fully saturated rings. The number of hydrogen-bond acceptors (Lipinski definition) is 1. The monoisotopic (exact) mass is 210 g/mol. The van der Waals surface area contributed by atoms with E-state index >= 15 is 0 Å². The molecule has 0 aliphatic heterocycles. The highest BCUT2D eigenvalue weighted by Crippen LogP contribution is 2.20. The predicted molar refractivity (Wildman–Crippen MR) is 68.0 cm³/mol. The second kappa shape index (κ2) is 5.29. The van der Waals surface area contributed by atoms with Gasteiger partial charge in [0.25, 0.3) is 0 Å². The normalized spacial score (nSPS) is 10.8. The molecule has 1 N–H and O–H groups in total. The molecule has 0 spiro atoms. The van der Waals surface area contributed by atoms with Crippen molar-refractivity contribution in [2.75, 3.05) is 6.61 Å². The molecule has 0 aliphatic rings. The smallest absolute Gasteiger partial charge is 0.0615 e. The van der Waals surface area contributed by atoms with Crippen molar-refractivity contribution in [1.82, 2.24) is 0 Å². The average molecular weight is 210 g/mol. The van der Waals surface area contributed by atoms with Crippen LogP contribution in [-0.2, 0) is 0 Å². The van der Waals surface area contributed by atoms with Gasteiger partial charge in [0.05, 0.1) is 6.61 Å². The Balaban J connectivity index is 2.33. The van der Waals surface area contributed by atoms with Gasteiger partial charge >= 0.3 is 0 Å². The van der Waals surface area contributed by atoms with Gasteiger partial charge in [0.15, 0.2) is 0 Å². The van der Waals surface area contributed by atoms with Crippen LogP contribution in [0.1, 0.15) is 5.56 Å². The molecule has 1 heteroatoms. The van der Waals surface area contributed by atoms with Crippen molar-refractivity contribution in [3.05, 3.63) is 66.2 Å². The van der Waals surface area contributed by atoms with Crippen LogP contribution in [0.4, 0.5) is 0 Å². The minimum Gasteiger partial charge on any atom is -0.392 e. The highest BCUT2D eigenvalue weighted by atomic mass is 16.2. The van der Waals surface area contributed by atoms with E-state index in [1.54, 1.807) is 6.08 Å². The summed E-state index contributed by atoms with van der Waals surface area (Å²) in [4.78, 5) is 0. The molecule has 1 nitrogen and oxygen atoms in total. The molecule has 0 aliphatic carbocycles. The second-order valence-corrected chi connectivity index (χ2v) is 3.58. The molecule has 0 aromatic heterocycles. The lowest BCUT2D eigenvalue weighted by molar-refractivity contribution is 0.343. The maximum Gasteiger partial charge on any atom is 0.0615 e. The van der Waals surface area contributed by atoms with Gasteiger partial charge in [-0.05, 0) is 22.8 Å². The summed E-state index contributed by atoms with van der Waals surface area (Å²) in [5.74, 6) is 0. The Hall–Kier alpha value is -1.86. The third kappa shape index (κ3) is 2.59. The molecule has 2 aromatic carbocycles. The summed E-state index contributed by atoms with van der Waals surface area (Å²) in [5, 5.41) is 8.73. The molecular formula is C15H14O. The summed E-state index contributed by atoms with van der Waals surface area (Å²) in [7, 11) is 0. The Labute approximate surface area is 95.7 Å². The van der Waals surface area contributed by atoms with Crippen molar-refractivity contribution in [3.8, 4) is 11.1 Å². The van der Waals surface area contributed by atoms with E-state index in [-0.39, 0.29) is 6.61 Å². The second-order valence-electron chi connectivity index (χ2n) is 3.58. The van der Waals surface area contributed by atoms with E-state index in [4.69, 9.17) is 5.11 Å². The number of benzene rings is 2. The van der Waals surface area contributed by atoms with Crippen LogP contribution in [0.2, 0.25) is 0 Å². The Kier molecular flexibility index (Phi) is 3.52. The fraction of sp³-hybridized carbons (Fsp3) is 0.0667. The van der Waals surface area contributed by atoms with Crippen LogP contribution < -0.4 is 0 Å². The molecule has 0 amide bonds. The highest BCUT2D eigenvalue weighted by molar-refractivity contribution is 5.67. The minimum atomic E-state index is 0.0789. The lowest BCUT2D eigenvalue weighted by atomic mass is 10.0. The zero-order chi connectivity index (χ0) is 11.2. The van der Waals surface area contributed by atoms with Crippen molar-refractivity contribution < 1.29 is 5.11 Å². The van der Waals surface area contributed by atoms with Crippen molar-refractivity contribution in [2.24, 2.45) is 0 Å². The van der Waals surface area contributed by atoms with Crippen LogP contribution in [0, 0.1) is 0 Å². The Morgan fingerprint density at radius 2 is 1.62 bits per heavy atom. The average Bonchev–Trinajstić information content (AvgIpc) is 2.38. The first-order valence-electron chi connectivity index (χ1n) is 5.33. The standard InChI is InChI=1S/C15H14O/c16-11-5-7-13-6-4-10-15(12-13)14-8-2-1-3-9-14/h1-10,12,16H,11H2/b7-5+. The molecule has 0 heterocycles. The van der Waals surface area contributed by atoms with Crippen molar-refractivity contribution >= 4 is 6.08 Å². The molecule has 0 bridgehead atoms. The van der Waals surface area contributed by atoms with Crippen LogP contribution in [0.25, 0.3) is 17.2 Å². The molecule has 2 rings (SSSR count). The maximum absolute atomic E-state index is 8.73. The molecule has 0 radical (unpaired) electrons. The summed E-state index contributed by atoms with van der Waals surface area (Å²) in [6.45, 7) is 0.0789. The van der Waals surface area contributed by atoms with Gasteiger partial charge in [-0.1, -0.05) is 60.7 Å². The van der Waals surface area contributed by atoms with E-state index in [1.807, 2.05) is 36.4 Å². The van der Waals surface area contributed by atoms with Gasteiger partial charge < -0.3 is 5.11 Å². The fourth-order valence-corrected chi connectivity index (χ4v) is 1.64. The van der Waals surface area contributed by atoms with Crippen LogP contribution >= 0.6 is 0 Å². The van der Waals surface area contributed by atoms with E-state index in [0.29, 0.717) is 0 Å². The summed E-state index contributed by atoms with van der Waals surface area (Å²) in [5.41, 5.74) is 3.51. The van der Waals surface area contributed by atoms with Crippen LogP contribution in [-0.4, -0.2) is 11.7 Å². The van der Waals surface area contributed by atoms with Crippen LogP contribution in [0.5, 0.6) is 0 Å². The molecule has 80 valence electrons. The zero-order valence-electron chi connectivity index (χ0n) is 9.01. The SMILES string of the molecule is OC/C=C/c1cccc(-c2ccccc2)c1. The van der Waals surface area contributed by atoms with E-state index in [9.17, 15) is 0 Å². The van der Waals surface area contributed by atoms with Crippen molar-refractivity contribution in [1.29, 1.82) is 0 Å². The third-order valence-corrected chi connectivity index (χ3v) is 2.41. The number of aliphatic hydroxyl groups is 1. The van der Waals surface area contributed by atoms with Gasteiger partial charge in [-0.15, -0.1) is 0 Å². The van der Waals surface area contributed by atoms with E-state index < -0.39 is 0 Å². The van der Waals surface area contributed by atoms with Crippen molar-refractivity contribution in [2.45, 2.75) is 0 Å². The maximum atomic E-state index is 8.73. The van der Waals surface area contributed by atoms with Gasteiger partial charge in [-0.2, -0.15) is 0 Å². The van der Waals surface area contributed by atoms with Gasteiger partial charge in [-0.25, -0.2) is 0 Å². The first-order valence-corrected chi connectivity index (χ1v) is 5.33. The molecule has 0 saturated carbocycles. The van der Waals surface area contributed by atoms with Gasteiger partial charge in [0.2, 0.25) is 0 Å². The van der Waals surface area contributed by atoms with E-state index in [0.717, 1.165) is 5.56 Å². The summed E-state index contributed by atoms with van der Waals surface area (Å²) >= 11 is 0. The minimum absolute atomic E-state index is 0.0789. The Morgan fingerprint density at radius 1 is 0.875 bits per heavy atom. The van der Waals surface area contributed by atoms with E-state index in [1.165, 1.54) is 11.1 Å². The fourth-order valence-electron chi connectivity index (χ4n) is 1.64. The Bertz CT molecular complexity index is 472. The number of aliphatic hydroxyl groups excluding tert-OH is 1. The van der Waals surface area contributed by atoms with Gasteiger partial charge in [0.1, 0.15) is 0 Å². The quantitative estimate of drug-likeness (QED) is 0.823.